The topological polar surface area (TPSA) is 83.6 Å². The molecule has 1 saturated heterocycles. The Labute approximate surface area is 108 Å². The van der Waals surface area contributed by atoms with Crippen LogP contribution in [0.1, 0.15) is 6.42 Å². The van der Waals surface area contributed by atoms with Crippen molar-refractivity contribution >= 4 is 31.6 Å². The Kier molecular flexibility index (Phi) is 3.44. The van der Waals surface area contributed by atoms with Crippen molar-refractivity contribution < 1.29 is 13.5 Å². The van der Waals surface area contributed by atoms with E-state index >= 15 is 0 Å². The largest absolute Gasteiger partial charge is 0.398 e. The summed E-state index contributed by atoms with van der Waals surface area (Å²) in [7, 11) is -3.52. The van der Waals surface area contributed by atoms with Gasteiger partial charge < -0.3 is 10.8 Å². The van der Waals surface area contributed by atoms with Crippen LogP contribution in [0.25, 0.3) is 0 Å². The summed E-state index contributed by atoms with van der Waals surface area (Å²) in [5, 5.41) is 9.37. The summed E-state index contributed by atoms with van der Waals surface area (Å²) in [5.74, 6) is 0. The molecular formula is C10H13BrN2O3S. The number of aliphatic hydroxyl groups is 1. The minimum absolute atomic E-state index is 0.157. The molecule has 1 aliphatic heterocycles. The summed E-state index contributed by atoms with van der Waals surface area (Å²) in [6.07, 6.45) is -0.0861. The number of nitrogen functional groups attached to an aromatic ring is 1. The van der Waals surface area contributed by atoms with Gasteiger partial charge in [-0.2, -0.15) is 4.31 Å². The lowest BCUT2D eigenvalue weighted by molar-refractivity contribution is 0.189. The minimum Gasteiger partial charge on any atom is -0.398 e. The lowest BCUT2D eigenvalue weighted by atomic mass is 10.3. The Morgan fingerprint density at radius 1 is 1.47 bits per heavy atom. The van der Waals surface area contributed by atoms with Gasteiger partial charge in [-0.1, -0.05) is 0 Å². The molecule has 1 heterocycles. The quantitative estimate of drug-likeness (QED) is 0.789. The summed E-state index contributed by atoms with van der Waals surface area (Å²) < 4.78 is 26.2. The molecule has 0 amide bonds. The van der Waals surface area contributed by atoms with Crippen LogP contribution in [0.15, 0.2) is 27.6 Å². The molecule has 0 spiro atoms. The van der Waals surface area contributed by atoms with Gasteiger partial charge in [0.25, 0.3) is 0 Å². The summed E-state index contributed by atoms with van der Waals surface area (Å²) in [5.41, 5.74) is 6.10. The van der Waals surface area contributed by atoms with E-state index in [1.807, 2.05) is 0 Å². The van der Waals surface area contributed by atoms with Crippen LogP contribution in [-0.4, -0.2) is 37.0 Å². The smallest absolute Gasteiger partial charge is 0.243 e. The van der Waals surface area contributed by atoms with Gasteiger partial charge in [-0.15, -0.1) is 0 Å². The van der Waals surface area contributed by atoms with Gasteiger partial charge in [0, 0.05) is 23.2 Å². The molecule has 0 aromatic heterocycles. The maximum absolute atomic E-state index is 12.2. The van der Waals surface area contributed by atoms with Crippen LogP contribution in [0.2, 0.25) is 0 Å². The van der Waals surface area contributed by atoms with Crippen LogP contribution in [-0.2, 0) is 10.0 Å². The molecule has 0 bridgehead atoms. The maximum atomic E-state index is 12.2. The van der Waals surface area contributed by atoms with E-state index in [-0.39, 0.29) is 11.4 Å². The summed E-state index contributed by atoms with van der Waals surface area (Å²) in [6, 6.07) is 4.50. The predicted octanol–water partition coefficient (Wildman–Crippen LogP) is 0.787. The number of benzene rings is 1. The van der Waals surface area contributed by atoms with Gasteiger partial charge in [0.1, 0.15) is 0 Å². The van der Waals surface area contributed by atoms with Gasteiger partial charge in [0.15, 0.2) is 0 Å². The summed E-state index contributed by atoms with van der Waals surface area (Å²) in [4.78, 5) is 0.188. The molecule has 0 aliphatic carbocycles. The van der Waals surface area contributed by atoms with Gasteiger partial charge in [0.2, 0.25) is 10.0 Å². The second-order valence-corrected chi connectivity index (χ2v) is 6.78. The van der Waals surface area contributed by atoms with Crippen LogP contribution < -0.4 is 5.73 Å². The summed E-state index contributed by atoms with van der Waals surface area (Å²) in [6.45, 7) is 0.510. The number of nitrogens with two attached hydrogens (primary N) is 1. The zero-order valence-corrected chi connectivity index (χ0v) is 11.4. The molecule has 94 valence electrons. The molecule has 3 N–H and O–H groups in total. The number of sulfonamides is 1. The highest BCUT2D eigenvalue weighted by Gasteiger charge is 2.31. The van der Waals surface area contributed by atoms with Gasteiger partial charge in [-0.05, 0) is 40.5 Å². The number of anilines is 1. The van der Waals surface area contributed by atoms with Crippen molar-refractivity contribution in [1.29, 1.82) is 0 Å². The monoisotopic (exact) mass is 320 g/mol. The number of β-amino-alcohol motifs (C(OH)–C–C–N with tert-alkyl or cyclic N) is 1. The highest BCUT2D eigenvalue weighted by atomic mass is 79.9. The molecule has 1 fully saturated rings. The summed E-state index contributed by atoms with van der Waals surface area (Å²) >= 11 is 3.20. The van der Waals surface area contributed by atoms with E-state index in [2.05, 4.69) is 15.9 Å². The van der Waals surface area contributed by atoms with E-state index < -0.39 is 16.1 Å². The highest BCUT2D eigenvalue weighted by Crippen LogP contribution is 2.26. The SMILES string of the molecule is Nc1ccc(S(=O)(=O)N2CCC(O)C2)cc1Br. The third kappa shape index (κ3) is 2.47. The maximum Gasteiger partial charge on any atom is 0.243 e. The van der Waals surface area contributed by atoms with E-state index in [9.17, 15) is 13.5 Å². The van der Waals surface area contributed by atoms with E-state index in [1.165, 1.54) is 16.4 Å². The molecule has 2 rings (SSSR count). The van der Waals surface area contributed by atoms with Crippen LogP contribution >= 0.6 is 15.9 Å². The van der Waals surface area contributed by atoms with Crippen molar-refractivity contribution in [2.45, 2.75) is 17.4 Å². The fraction of sp³-hybridized carbons (Fsp3) is 0.400. The lowest BCUT2D eigenvalue weighted by Gasteiger charge is -2.16. The third-order valence-electron chi connectivity index (χ3n) is 2.74. The Bertz CT molecular complexity index is 532. The first-order valence-corrected chi connectivity index (χ1v) is 7.38. The van der Waals surface area contributed by atoms with Crippen molar-refractivity contribution in [2.75, 3.05) is 18.8 Å². The fourth-order valence-corrected chi connectivity index (χ4v) is 3.80. The van der Waals surface area contributed by atoms with Gasteiger partial charge in [-0.3, -0.25) is 0 Å². The zero-order valence-electron chi connectivity index (χ0n) is 9.01. The predicted molar refractivity (Wildman–Crippen MR) is 67.9 cm³/mol. The standard InChI is InChI=1S/C10H13BrN2O3S/c11-9-5-8(1-2-10(9)12)17(15,16)13-4-3-7(14)6-13/h1-2,5,7,14H,3-4,6,12H2. The van der Waals surface area contributed by atoms with Crippen molar-refractivity contribution in [2.24, 2.45) is 0 Å². The molecule has 0 saturated carbocycles. The highest BCUT2D eigenvalue weighted by molar-refractivity contribution is 9.10. The van der Waals surface area contributed by atoms with Gasteiger partial charge in [0.05, 0.1) is 11.0 Å². The number of hydrogen-bond donors (Lipinski definition) is 2. The van der Waals surface area contributed by atoms with Gasteiger partial charge in [-0.25, -0.2) is 8.42 Å². The van der Waals surface area contributed by atoms with Crippen LogP contribution in [0, 0.1) is 0 Å². The van der Waals surface area contributed by atoms with Crippen molar-refractivity contribution in [3.63, 3.8) is 0 Å². The molecule has 1 aliphatic rings. The second kappa shape index (κ2) is 4.56. The molecule has 1 aromatic rings. The minimum atomic E-state index is -3.52. The molecular weight excluding hydrogens is 308 g/mol. The van der Waals surface area contributed by atoms with Gasteiger partial charge >= 0.3 is 0 Å². The van der Waals surface area contributed by atoms with E-state index in [1.54, 1.807) is 6.07 Å². The zero-order chi connectivity index (χ0) is 12.6. The van der Waals surface area contributed by atoms with Crippen LogP contribution in [0.4, 0.5) is 5.69 Å². The van der Waals surface area contributed by atoms with E-state index in [0.717, 1.165) is 0 Å². The number of aliphatic hydroxyl groups excluding tert-OH is 1. The molecule has 7 heteroatoms. The number of halogens is 1. The van der Waals surface area contributed by atoms with Crippen molar-refractivity contribution in [3.05, 3.63) is 22.7 Å². The van der Waals surface area contributed by atoms with Crippen LogP contribution in [0.3, 0.4) is 0 Å². The molecule has 1 unspecified atom stereocenters. The first-order valence-electron chi connectivity index (χ1n) is 5.14. The number of nitrogens with zero attached hydrogens (tertiary/aromatic N) is 1. The third-order valence-corrected chi connectivity index (χ3v) is 5.28. The molecule has 1 atom stereocenters. The van der Waals surface area contributed by atoms with E-state index in [4.69, 9.17) is 5.73 Å². The molecule has 5 nitrogen and oxygen atoms in total. The number of hydrogen-bond acceptors (Lipinski definition) is 4. The second-order valence-electron chi connectivity index (χ2n) is 3.99. The molecule has 1 aromatic carbocycles. The number of rotatable bonds is 2. The average Bonchev–Trinajstić information content (AvgIpc) is 2.69. The first-order chi connectivity index (χ1) is 7.91. The Balaban J connectivity index is 2.35. The van der Waals surface area contributed by atoms with Crippen LogP contribution in [0.5, 0.6) is 0 Å². The fourth-order valence-electron chi connectivity index (χ4n) is 1.75. The Morgan fingerprint density at radius 3 is 2.71 bits per heavy atom. The molecule has 0 radical (unpaired) electrons. The molecule has 17 heavy (non-hydrogen) atoms. The average molecular weight is 321 g/mol. The van der Waals surface area contributed by atoms with Crippen molar-refractivity contribution in [3.8, 4) is 0 Å². The van der Waals surface area contributed by atoms with Crippen molar-refractivity contribution in [1.82, 2.24) is 4.31 Å². The van der Waals surface area contributed by atoms with E-state index in [0.29, 0.717) is 23.1 Å². The lowest BCUT2D eigenvalue weighted by Crippen LogP contribution is -2.29. The normalized spacial score (nSPS) is 21.9. The Morgan fingerprint density at radius 2 is 2.18 bits per heavy atom. The first kappa shape index (κ1) is 12.8. The Hall–Kier alpha value is -0.630.